The van der Waals surface area contributed by atoms with E-state index < -0.39 is 0 Å². The fraction of sp³-hybridized carbons (Fsp3) is 0.389. The van der Waals surface area contributed by atoms with Crippen LogP contribution in [0, 0.1) is 0 Å². The average Bonchev–Trinajstić information content (AvgIpc) is 3.16. The summed E-state index contributed by atoms with van der Waals surface area (Å²) < 4.78 is 21.3. The summed E-state index contributed by atoms with van der Waals surface area (Å²) in [7, 11) is 4.94. The maximum Gasteiger partial charge on any atom is 0.195 e. The molecular formula is C18H26IN3O4. The van der Waals surface area contributed by atoms with Gasteiger partial charge in [0.15, 0.2) is 17.5 Å². The minimum absolute atomic E-state index is 0. The van der Waals surface area contributed by atoms with Crippen LogP contribution in [0.4, 0.5) is 5.69 Å². The van der Waals surface area contributed by atoms with Gasteiger partial charge in [-0.1, -0.05) is 0 Å². The Hall–Kier alpha value is -1.94. The quantitative estimate of drug-likeness (QED) is 0.250. The summed E-state index contributed by atoms with van der Waals surface area (Å²) >= 11 is 0. The minimum Gasteiger partial charge on any atom is -0.493 e. The third kappa shape index (κ3) is 7.12. The second kappa shape index (κ2) is 12.4. The Kier molecular flexibility index (Phi) is 10.6. The SMILES string of the molecule is CN=C(NCCCOCc1ccco1)Nc1ccc(OC)c(OC)c1.I. The van der Waals surface area contributed by atoms with Crippen LogP contribution < -0.4 is 20.1 Å². The number of anilines is 1. The molecule has 0 aliphatic carbocycles. The molecule has 1 aromatic heterocycles. The number of hydrogen-bond donors (Lipinski definition) is 2. The second-order valence-corrected chi connectivity index (χ2v) is 5.18. The highest BCUT2D eigenvalue weighted by molar-refractivity contribution is 14.0. The molecule has 2 N–H and O–H groups in total. The van der Waals surface area contributed by atoms with E-state index in [0.29, 0.717) is 30.7 Å². The summed E-state index contributed by atoms with van der Waals surface area (Å²) in [5.41, 5.74) is 0.861. The molecule has 144 valence electrons. The van der Waals surface area contributed by atoms with E-state index in [2.05, 4.69) is 15.6 Å². The number of halogens is 1. The normalized spacial score (nSPS) is 10.8. The first-order valence-electron chi connectivity index (χ1n) is 8.06. The van der Waals surface area contributed by atoms with Crippen molar-refractivity contribution < 1.29 is 18.6 Å². The van der Waals surface area contributed by atoms with Gasteiger partial charge in [-0.25, -0.2) is 0 Å². The van der Waals surface area contributed by atoms with Gasteiger partial charge in [0.1, 0.15) is 12.4 Å². The van der Waals surface area contributed by atoms with Crippen LogP contribution in [0.25, 0.3) is 0 Å². The summed E-state index contributed by atoms with van der Waals surface area (Å²) in [6, 6.07) is 9.35. The molecule has 0 aliphatic heterocycles. The van der Waals surface area contributed by atoms with E-state index in [4.69, 9.17) is 18.6 Å². The molecule has 0 amide bonds. The van der Waals surface area contributed by atoms with Crippen LogP contribution in [-0.2, 0) is 11.3 Å². The molecule has 26 heavy (non-hydrogen) atoms. The number of nitrogens with one attached hydrogen (secondary N) is 2. The van der Waals surface area contributed by atoms with Crippen molar-refractivity contribution in [2.45, 2.75) is 13.0 Å². The molecule has 2 rings (SSSR count). The number of hydrogen-bond acceptors (Lipinski definition) is 5. The highest BCUT2D eigenvalue weighted by Crippen LogP contribution is 2.29. The van der Waals surface area contributed by atoms with Crippen molar-refractivity contribution in [1.82, 2.24) is 5.32 Å². The van der Waals surface area contributed by atoms with E-state index in [1.54, 1.807) is 27.5 Å². The highest BCUT2D eigenvalue weighted by Gasteiger charge is 2.06. The van der Waals surface area contributed by atoms with Gasteiger partial charge >= 0.3 is 0 Å². The van der Waals surface area contributed by atoms with Crippen LogP contribution in [-0.4, -0.2) is 40.4 Å². The number of methoxy groups -OCH3 is 2. The zero-order chi connectivity index (χ0) is 17.9. The number of ether oxygens (including phenoxy) is 3. The van der Waals surface area contributed by atoms with Crippen LogP contribution in [0.1, 0.15) is 12.2 Å². The van der Waals surface area contributed by atoms with Crippen molar-refractivity contribution in [3.8, 4) is 11.5 Å². The monoisotopic (exact) mass is 475 g/mol. The van der Waals surface area contributed by atoms with Crippen molar-refractivity contribution in [1.29, 1.82) is 0 Å². The summed E-state index contributed by atoms with van der Waals surface area (Å²) in [6.07, 6.45) is 2.50. The largest absolute Gasteiger partial charge is 0.493 e. The lowest BCUT2D eigenvalue weighted by atomic mass is 10.3. The Morgan fingerprint density at radius 3 is 2.62 bits per heavy atom. The van der Waals surface area contributed by atoms with E-state index in [0.717, 1.165) is 24.4 Å². The third-order valence-corrected chi connectivity index (χ3v) is 3.45. The molecule has 0 spiro atoms. The van der Waals surface area contributed by atoms with E-state index >= 15 is 0 Å². The van der Waals surface area contributed by atoms with Crippen molar-refractivity contribution in [3.63, 3.8) is 0 Å². The van der Waals surface area contributed by atoms with Crippen molar-refractivity contribution >= 4 is 35.6 Å². The Balaban J connectivity index is 0.00000338. The Morgan fingerprint density at radius 1 is 1.15 bits per heavy atom. The molecule has 0 saturated heterocycles. The molecule has 1 aromatic carbocycles. The van der Waals surface area contributed by atoms with E-state index in [9.17, 15) is 0 Å². The maximum absolute atomic E-state index is 5.54. The van der Waals surface area contributed by atoms with E-state index in [-0.39, 0.29) is 24.0 Å². The van der Waals surface area contributed by atoms with Crippen LogP contribution in [0.15, 0.2) is 46.0 Å². The van der Waals surface area contributed by atoms with Gasteiger partial charge in [0.05, 0.1) is 20.5 Å². The fourth-order valence-electron chi connectivity index (χ4n) is 2.18. The molecule has 0 fully saturated rings. The molecule has 0 atom stereocenters. The topological polar surface area (TPSA) is 77.3 Å². The molecule has 8 heteroatoms. The van der Waals surface area contributed by atoms with E-state index in [1.165, 1.54) is 0 Å². The van der Waals surface area contributed by atoms with Crippen molar-refractivity contribution in [3.05, 3.63) is 42.4 Å². The Bertz CT molecular complexity index is 662. The molecule has 0 aliphatic rings. The van der Waals surface area contributed by atoms with Crippen LogP contribution >= 0.6 is 24.0 Å². The fourth-order valence-corrected chi connectivity index (χ4v) is 2.18. The predicted molar refractivity (Wildman–Crippen MR) is 113 cm³/mol. The lowest BCUT2D eigenvalue weighted by molar-refractivity contribution is 0.105. The van der Waals surface area contributed by atoms with Gasteiger partial charge in [-0.05, 0) is 30.7 Å². The van der Waals surface area contributed by atoms with Crippen LogP contribution in [0.2, 0.25) is 0 Å². The van der Waals surface area contributed by atoms with E-state index in [1.807, 2.05) is 30.3 Å². The average molecular weight is 475 g/mol. The molecule has 0 bridgehead atoms. The molecule has 0 saturated carbocycles. The summed E-state index contributed by atoms with van der Waals surface area (Å²) in [5.74, 6) is 2.86. The molecule has 2 aromatic rings. The first-order chi connectivity index (χ1) is 12.3. The summed E-state index contributed by atoms with van der Waals surface area (Å²) in [5, 5.41) is 6.46. The zero-order valence-corrected chi connectivity index (χ0v) is 17.6. The summed E-state index contributed by atoms with van der Waals surface area (Å²) in [6.45, 7) is 1.87. The third-order valence-electron chi connectivity index (χ3n) is 3.45. The van der Waals surface area contributed by atoms with Gasteiger partial charge in [-0.15, -0.1) is 24.0 Å². The standard InChI is InChI=1S/C18H25N3O4.HI/c1-19-18(20-9-5-10-24-13-15-6-4-11-25-15)21-14-7-8-16(22-2)17(12-14)23-3;/h4,6-8,11-12H,5,9-10,13H2,1-3H3,(H2,19,20,21);1H. The van der Waals surface area contributed by atoms with Crippen molar-refractivity contribution in [2.75, 3.05) is 39.7 Å². The smallest absolute Gasteiger partial charge is 0.195 e. The second-order valence-electron chi connectivity index (χ2n) is 5.18. The lowest BCUT2D eigenvalue weighted by Crippen LogP contribution is -2.31. The molecular weight excluding hydrogens is 449 g/mol. The maximum atomic E-state index is 5.54. The molecule has 0 unspecified atom stereocenters. The van der Waals surface area contributed by atoms with Gasteiger partial charge < -0.3 is 29.3 Å². The number of nitrogens with zero attached hydrogens (tertiary/aromatic N) is 1. The number of aliphatic imine (C=N–C) groups is 1. The van der Waals surface area contributed by atoms with Gasteiger partial charge in [-0.2, -0.15) is 0 Å². The molecule has 7 nitrogen and oxygen atoms in total. The number of guanidine groups is 1. The Morgan fingerprint density at radius 2 is 1.96 bits per heavy atom. The predicted octanol–water partition coefficient (Wildman–Crippen LogP) is 3.51. The number of furan rings is 1. The lowest BCUT2D eigenvalue weighted by Gasteiger charge is -2.14. The van der Waals surface area contributed by atoms with Crippen molar-refractivity contribution in [2.24, 2.45) is 4.99 Å². The summed E-state index contributed by atoms with van der Waals surface area (Å²) in [4.78, 5) is 4.21. The molecule has 0 radical (unpaired) electrons. The molecule has 1 heterocycles. The Labute approximate surface area is 171 Å². The van der Waals surface area contributed by atoms with Gasteiger partial charge in [0, 0.05) is 32.0 Å². The number of benzene rings is 1. The van der Waals surface area contributed by atoms with Gasteiger partial charge in [0.2, 0.25) is 0 Å². The minimum atomic E-state index is 0. The first kappa shape index (κ1) is 22.1. The van der Waals surface area contributed by atoms with Gasteiger partial charge in [0.25, 0.3) is 0 Å². The highest BCUT2D eigenvalue weighted by atomic mass is 127. The van der Waals surface area contributed by atoms with Crippen LogP contribution in [0.5, 0.6) is 11.5 Å². The van der Waals surface area contributed by atoms with Gasteiger partial charge in [-0.3, -0.25) is 4.99 Å². The first-order valence-corrected chi connectivity index (χ1v) is 8.06. The van der Waals surface area contributed by atoms with Crippen LogP contribution in [0.3, 0.4) is 0 Å². The zero-order valence-electron chi connectivity index (χ0n) is 15.3. The number of rotatable bonds is 9.